The molecule has 0 saturated carbocycles. The van der Waals surface area contributed by atoms with Gasteiger partial charge in [0.15, 0.2) is 9.84 Å². The highest BCUT2D eigenvalue weighted by molar-refractivity contribution is 14.1. The Bertz CT molecular complexity index is 732. The molecule has 1 unspecified atom stereocenters. The third-order valence-corrected chi connectivity index (χ3v) is 4.41. The minimum atomic E-state index is -3.60. The molecule has 0 amide bonds. The van der Waals surface area contributed by atoms with E-state index in [1.165, 1.54) is 12.1 Å². The third-order valence-electron chi connectivity index (χ3n) is 2.51. The van der Waals surface area contributed by atoms with E-state index < -0.39 is 21.8 Å². The van der Waals surface area contributed by atoms with Gasteiger partial charge in [-0.2, -0.15) is 4.98 Å². The van der Waals surface area contributed by atoms with E-state index in [9.17, 15) is 12.8 Å². The number of nitrogens with zero attached hydrogens (tertiary/aromatic N) is 2. The molecule has 0 radical (unpaired) electrons. The number of aromatic nitrogens is 2. The van der Waals surface area contributed by atoms with Crippen molar-refractivity contribution in [3.05, 3.63) is 29.9 Å². The van der Waals surface area contributed by atoms with Crippen LogP contribution in [0.5, 0.6) is 0 Å². The first-order valence-electron chi connectivity index (χ1n) is 5.44. The van der Waals surface area contributed by atoms with Gasteiger partial charge in [0.25, 0.3) is 5.89 Å². The van der Waals surface area contributed by atoms with Gasteiger partial charge in [-0.15, -0.1) is 0 Å². The van der Waals surface area contributed by atoms with E-state index in [4.69, 9.17) is 7.59 Å². The number of sulfone groups is 1. The van der Waals surface area contributed by atoms with E-state index in [1.807, 2.05) is 0 Å². The Morgan fingerprint density at radius 3 is 2.70 bits per heavy atom. The van der Waals surface area contributed by atoms with Crippen molar-refractivity contribution in [3.63, 3.8) is 0 Å². The Morgan fingerprint density at radius 1 is 1.45 bits per heavy atom. The largest absolute Gasteiger partial charge is 0.336 e. The summed E-state index contributed by atoms with van der Waals surface area (Å²) in [6.07, 6.45) is 0.550. The van der Waals surface area contributed by atoms with Crippen molar-refractivity contribution in [1.82, 2.24) is 10.1 Å². The zero-order chi connectivity index (χ0) is 14.9. The molecule has 20 heavy (non-hydrogen) atoms. The van der Waals surface area contributed by atoms with Gasteiger partial charge >= 0.3 is 0 Å². The molecule has 0 saturated heterocycles. The zero-order valence-electron chi connectivity index (χ0n) is 10.5. The molecule has 2 rings (SSSR count). The first kappa shape index (κ1) is 15.3. The molecule has 0 fully saturated rings. The molecule has 0 spiro atoms. The van der Waals surface area contributed by atoms with Gasteiger partial charge in [0.2, 0.25) is 5.82 Å². The lowest BCUT2D eigenvalue weighted by Gasteiger charge is -2.01. The third kappa shape index (κ3) is 3.15. The van der Waals surface area contributed by atoms with Crippen molar-refractivity contribution in [1.29, 1.82) is 0 Å². The summed E-state index contributed by atoms with van der Waals surface area (Å²) in [5.74, 6) is -0.434. The number of hydrogen-bond donors (Lipinski definition) is 0. The van der Waals surface area contributed by atoms with Crippen LogP contribution in [0.25, 0.3) is 11.4 Å². The van der Waals surface area contributed by atoms with Gasteiger partial charge in [-0.05, 0) is 25.1 Å². The van der Waals surface area contributed by atoms with E-state index in [1.54, 1.807) is 29.9 Å². The highest BCUT2D eigenvalue weighted by atomic mass is 127. The van der Waals surface area contributed by atoms with Crippen molar-refractivity contribution in [2.45, 2.75) is 17.9 Å². The maximum atomic E-state index is 13.8. The van der Waals surface area contributed by atoms with Gasteiger partial charge in [0, 0.05) is 11.8 Å². The fraction of sp³-hybridized carbons (Fsp3) is 0.273. The van der Waals surface area contributed by atoms with Crippen LogP contribution in [-0.4, -0.2) is 24.8 Å². The first-order valence-corrected chi connectivity index (χ1v) is 8.21. The number of hydrogen-bond acceptors (Lipinski definition) is 6. The molecule has 1 aromatic heterocycles. The molecule has 2 aromatic rings. The molecule has 1 heterocycles. The lowest BCUT2D eigenvalue weighted by atomic mass is 10.2. The van der Waals surface area contributed by atoms with Crippen molar-refractivity contribution in [2.24, 2.45) is 0 Å². The second kappa shape index (κ2) is 5.74. The van der Waals surface area contributed by atoms with Crippen molar-refractivity contribution >= 4 is 32.8 Å². The van der Waals surface area contributed by atoms with Gasteiger partial charge < -0.3 is 7.59 Å². The second-order valence-corrected chi connectivity index (χ2v) is 6.60. The minimum absolute atomic E-state index is 0.166. The molecular weight excluding hydrogens is 402 g/mol. The Kier molecular flexibility index (Phi) is 4.39. The van der Waals surface area contributed by atoms with Gasteiger partial charge in [-0.3, -0.25) is 0 Å². The van der Waals surface area contributed by atoms with Crippen LogP contribution >= 0.6 is 23.0 Å². The van der Waals surface area contributed by atoms with Gasteiger partial charge in [0.05, 0.1) is 0 Å². The van der Waals surface area contributed by atoms with Gasteiger partial charge in [-0.1, -0.05) is 5.16 Å². The maximum absolute atomic E-state index is 13.8. The zero-order valence-corrected chi connectivity index (χ0v) is 13.5. The Morgan fingerprint density at radius 2 is 2.15 bits per heavy atom. The highest BCUT2D eigenvalue weighted by Crippen LogP contribution is 2.24. The Labute approximate surface area is 128 Å². The summed E-state index contributed by atoms with van der Waals surface area (Å²) in [7, 11) is -3.60. The highest BCUT2D eigenvalue weighted by Gasteiger charge is 2.18. The summed E-state index contributed by atoms with van der Waals surface area (Å²) < 4.78 is 46.4. The van der Waals surface area contributed by atoms with Crippen LogP contribution in [0.3, 0.4) is 0 Å². The fourth-order valence-corrected chi connectivity index (χ4v) is 2.44. The summed E-state index contributed by atoms with van der Waals surface area (Å²) in [6, 6.07) is 3.65. The molecule has 0 aliphatic rings. The van der Waals surface area contributed by atoms with Crippen molar-refractivity contribution in [3.8, 4) is 11.4 Å². The van der Waals surface area contributed by atoms with E-state index in [0.29, 0.717) is 5.56 Å². The van der Waals surface area contributed by atoms with Crippen LogP contribution in [-0.2, 0) is 12.9 Å². The summed E-state index contributed by atoms with van der Waals surface area (Å²) >= 11 is 1.70. The summed E-state index contributed by atoms with van der Waals surface area (Å²) in [6.45, 7) is 1.72. The molecule has 1 aromatic carbocycles. The van der Waals surface area contributed by atoms with Crippen LogP contribution in [0.1, 0.15) is 18.9 Å². The summed E-state index contributed by atoms with van der Waals surface area (Å²) in [5, 5.41) is 3.70. The average molecular weight is 412 g/mol. The molecule has 0 aliphatic heterocycles. The minimum Gasteiger partial charge on any atom is -0.336 e. The smallest absolute Gasteiger partial charge is 0.256 e. The molecule has 0 aliphatic carbocycles. The Balaban J connectivity index is 2.40. The summed E-state index contributed by atoms with van der Waals surface area (Å²) in [5.41, 5.74) is 0.325. The summed E-state index contributed by atoms with van der Waals surface area (Å²) in [4.78, 5) is 3.69. The van der Waals surface area contributed by atoms with Crippen LogP contribution in [0.2, 0.25) is 0 Å². The molecule has 108 valence electrons. The SMILES string of the molecule is CC(OI)c1nc(-c2ccc(S(C)(=O)=O)c(F)c2)no1. The van der Waals surface area contributed by atoms with Crippen molar-refractivity contribution in [2.75, 3.05) is 6.26 Å². The van der Waals surface area contributed by atoms with E-state index in [-0.39, 0.29) is 16.6 Å². The predicted octanol–water partition coefficient (Wildman–Crippen LogP) is 2.71. The maximum Gasteiger partial charge on any atom is 0.256 e. The fourth-order valence-electron chi connectivity index (χ4n) is 1.50. The quantitative estimate of drug-likeness (QED) is 0.719. The molecular formula is C11H10FIN2O4S. The molecule has 9 heteroatoms. The first-order chi connectivity index (χ1) is 9.32. The van der Waals surface area contributed by atoms with E-state index in [2.05, 4.69) is 10.1 Å². The van der Waals surface area contributed by atoms with E-state index in [0.717, 1.165) is 12.3 Å². The standard InChI is InChI=1S/C11H10FIN2O4S/c1-6(18-13)11-14-10(15-19-11)7-3-4-9(8(12)5-7)20(2,16)17/h3-6H,1-2H3. The lowest BCUT2D eigenvalue weighted by Crippen LogP contribution is -2.01. The lowest BCUT2D eigenvalue weighted by molar-refractivity contribution is 0.235. The van der Waals surface area contributed by atoms with Crippen LogP contribution < -0.4 is 0 Å². The van der Waals surface area contributed by atoms with Crippen molar-refractivity contribution < 1.29 is 20.4 Å². The Hall–Kier alpha value is -1.07. The van der Waals surface area contributed by atoms with E-state index >= 15 is 0 Å². The monoisotopic (exact) mass is 412 g/mol. The van der Waals surface area contributed by atoms with Crippen LogP contribution in [0.4, 0.5) is 4.39 Å². The molecule has 6 nitrogen and oxygen atoms in total. The number of benzene rings is 1. The van der Waals surface area contributed by atoms with Crippen LogP contribution in [0, 0.1) is 5.82 Å². The normalized spacial score (nSPS) is 13.4. The molecule has 1 atom stereocenters. The van der Waals surface area contributed by atoms with Crippen LogP contribution in [0.15, 0.2) is 27.6 Å². The second-order valence-electron chi connectivity index (χ2n) is 4.10. The topological polar surface area (TPSA) is 82.3 Å². The predicted molar refractivity (Wildman–Crippen MR) is 76.3 cm³/mol. The molecule has 0 N–H and O–H groups in total. The number of rotatable bonds is 4. The van der Waals surface area contributed by atoms with Gasteiger partial charge in [-0.25, -0.2) is 12.8 Å². The average Bonchev–Trinajstić information content (AvgIpc) is 2.85. The molecule has 0 bridgehead atoms. The van der Waals surface area contributed by atoms with Gasteiger partial charge in [0.1, 0.15) is 39.8 Å². The number of halogens is 2.